The number of rotatable bonds is 5. The number of Topliss-reactive ketones (excluding diaryl/α,β-unsaturated/α-hetero) is 1. The van der Waals surface area contributed by atoms with Crippen molar-refractivity contribution in [3.05, 3.63) is 47.3 Å². The molecule has 1 N–H and O–H groups in total. The minimum absolute atomic E-state index is 0.188. The van der Waals surface area contributed by atoms with E-state index in [0.29, 0.717) is 11.4 Å². The van der Waals surface area contributed by atoms with Crippen LogP contribution in [-0.4, -0.2) is 51.4 Å². The average Bonchev–Trinajstić information content (AvgIpc) is 2.87. The van der Waals surface area contributed by atoms with E-state index in [-0.39, 0.29) is 18.0 Å². The Bertz CT molecular complexity index is 863. The molecule has 1 aromatic heterocycles. The van der Waals surface area contributed by atoms with Gasteiger partial charge in [-0.15, -0.1) is 0 Å². The minimum atomic E-state index is -0.738. The Morgan fingerprint density at radius 2 is 1.70 bits per heavy atom. The molecule has 2 amide bonds. The molecule has 0 saturated heterocycles. The normalized spacial score (nSPS) is 11.2. The predicted octanol–water partition coefficient (Wildman–Crippen LogP) is 2.04. The topological polar surface area (TPSA) is 84.3 Å². The standard InChI is InChI=1S/C20H26N4O3/c1-13-17(14(2)24(22-13)15-10-8-7-9-11-15)18(26)19(27)23(6)12-16(25)21-20(3,4)5/h7-11H,12H2,1-6H3,(H,21,25). The number of hydrogen-bond acceptors (Lipinski definition) is 4. The summed E-state index contributed by atoms with van der Waals surface area (Å²) in [6, 6.07) is 9.39. The van der Waals surface area contributed by atoms with Crippen LogP contribution >= 0.6 is 0 Å². The van der Waals surface area contributed by atoms with Crippen LogP contribution in [0, 0.1) is 13.8 Å². The molecule has 0 atom stereocenters. The van der Waals surface area contributed by atoms with Gasteiger partial charge in [-0.3, -0.25) is 14.4 Å². The molecule has 7 heteroatoms. The maximum atomic E-state index is 12.8. The fraction of sp³-hybridized carbons (Fsp3) is 0.400. The van der Waals surface area contributed by atoms with Gasteiger partial charge in [0.1, 0.15) is 0 Å². The summed E-state index contributed by atoms with van der Waals surface area (Å²) in [7, 11) is 1.44. The Kier molecular flexibility index (Phi) is 5.83. The third-order valence-corrected chi connectivity index (χ3v) is 3.96. The average molecular weight is 370 g/mol. The van der Waals surface area contributed by atoms with Crippen molar-refractivity contribution < 1.29 is 14.4 Å². The quantitative estimate of drug-likeness (QED) is 0.645. The molecule has 27 heavy (non-hydrogen) atoms. The summed E-state index contributed by atoms with van der Waals surface area (Å²) in [5.41, 5.74) is 1.73. The zero-order valence-corrected chi connectivity index (χ0v) is 16.7. The molecule has 2 aromatic rings. The van der Waals surface area contributed by atoms with Gasteiger partial charge in [-0.1, -0.05) is 18.2 Å². The lowest BCUT2D eigenvalue weighted by molar-refractivity contribution is -0.132. The first-order valence-electron chi connectivity index (χ1n) is 8.73. The third kappa shape index (κ3) is 4.81. The van der Waals surface area contributed by atoms with Crippen molar-refractivity contribution in [2.24, 2.45) is 0 Å². The van der Waals surface area contributed by atoms with Crippen LogP contribution in [-0.2, 0) is 9.59 Å². The molecular weight excluding hydrogens is 344 g/mol. The number of hydrogen-bond donors (Lipinski definition) is 1. The zero-order valence-electron chi connectivity index (χ0n) is 16.7. The van der Waals surface area contributed by atoms with E-state index in [1.54, 1.807) is 18.5 Å². The van der Waals surface area contributed by atoms with Crippen molar-refractivity contribution >= 4 is 17.6 Å². The molecule has 0 aliphatic carbocycles. The van der Waals surface area contributed by atoms with E-state index in [0.717, 1.165) is 10.6 Å². The van der Waals surface area contributed by atoms with E-state index >= 15 is 0 Å². The molecule has 1 heterocycles. The van der Waals surface area contributed by atoms with Gasteiger partial charge in [0.15, 0.2) is 0 Å². The highest BCUT2D eigenvalue weighted by atomic mass is 16.2. The van der Waals surface area contributed by atoms with Crippen LogP contribution in [0.2, 0.25) is 0 Å². The monoisotopic (exact) mass is 370 g/mol. The number of para-hydroxylation sites is 1. The van der Waals surface area contributed by atoms with Crippen molar-refractivity contribution in [3.63, 3.8) is 0 Å². The molecule has 0 unspecified atom stereocenters. The van der Waals surface area contributed by atoms with E-state index in [1.165, 1.54) is 7.05 Å². The summed E-state index contributed by atoms with van der Waals surface area (Å²) in [6.45, 7) is 8.81. The summed E-state index contributed by atoms with van der Waals surface area (Å²) >= 11 is 0. The lowest BCUT2D eigenvalue weighted by atomic mass is 10.1. The second-order valence-corrected chi connectivity index (χ2v) is 7.58. The second-order valence-electron chi connectivity index (χ2n) is 7.58. The Morgan fingerprint density at radius 3 is 2.26 bits per heavy atom. The first-order valence-corrected chi connectivity index (χ1v) is 8.73. The van der Waals surface area contributed by atoms with Gasteiger partial charge in [0.05, 0.1) is 29.2 Å². The molecule has 0 aliphatic heterocycles. The predicted molar refractivity (Wildman–Crippen MR) is 103 cm³/mol. The van der Waals surface area contributed by atoms with E-state index in [4.69, 9.17) is 0 Å². The Morgan fingerprint density at radius 1 is 1.11 bits per heavy atom. The highest BCUT2D eigenvalue weighted by molar-refractivity contribution is 6.43. The van der Waals surface area contributed by atoms with Gasteiger partial charge in [-0.2, -0.15) is 5.10 Å². The van der Waals surface area contributed by atoms with E-state index in [9.17, 15) is 14.4 Å². The molecule has 144 valence electrons. The summed E-state index contributed by atoms with van der Waals surface area (Å²) in [4.78, 5) is 38.5. The lowest BCUT2D eigenvalue weighted by Crippen LogP contribution is -2.47. The van der Waals surface area contributed by atoms with Crippen LogP contribution in [0.4, 0.5) is 0 Å². The van der Waals surface area contributed by atoms with Crippen LogP contribution in [0.1, 0.15) is 42.5 Å². The molecule has 0 saturated carbocycles. The fourth-order valence-electron chi connectivity index (χ4n) is 2.82. The molecule has 1 aromatic carbocycles. The van der Waals surface area contributed by atoms with Crippen LogP contribution in [0.25, 0.3) is 5.69 Å². The van der Waals surface area contributed by atoms with Crippen molar-refractivity contribution in [2.45, 2.75) is 40.2 Å². The Labute approximate surface area is 159 Å². The van der Waals surface area contributed by atoms with Crippen LogP contribution in [0.5, 0.6) is 0 Å². The summed E-state index contributed by atoms with van der Waals surface area (Å²) in [6.07, 6.45) is 0. The smallest absolute Gasteiger partial charge is 0.295 e. The second kappa shape index (κ2) is 7.73. The van der Waals surface area contributed by atoms with Crippen molar-refractivity contribution in [3.8, 4) is 5.69 Å². The molecular formula is C20H26N4O3. The zero-order chi connectivity index (χ0) is 20.4. The van der Waals surface area contributed by atoms with Crippen molar-refractivity contribution in [1.82, 2.24) is 20.0 Å². The highest BCUT2D eigenvalue weighted by Crippen LogP contribution is 2.19. The minimum Gasteiger partial charge on any atom is -0.350 e. The van der Waals surface area contributed by atoms with Gasteiger partial charge in [-0.05, 0) is 46.8 Å². The van der Waals surface area contributed by atoms with E-state index < -0.39 is 17.2 Å². The summed E-state index contributed by atoms with van der Waals surface area (Å²) in [5, 5.41) is 7.17. The largest absolute Gasteiger partial charge is 0.350 e. The van der Waals surface area contributed by atoms with Crippen molar-refractivity contribution in [1.29, 1.82) is 0 Å². The van der Waals surface area contributed by atoms with Gasteiger partial charge in [0.2, 0.25) is 5.91 Å². The number of carbonyl (C=O) groups is 3. The number of amides is 2. The Hall–Kier alpha value is -2.96. The highest BCUT2D eigenvalue weighted by Gasteiger charge is 2.28. The van der Waals surface area contributed by atoms with Gasteiger partial charge in [0, 0.05) is 12.6 Å². The first-order chi connectivity index (χ1) is 12.5. The number of carbonyl (C=O) groups excluding carboxylic acids is 3. The maximum absolute atomic E-state index is 12.8. The number of nitrogens with one attached hydrogen (secondary N) is 1. The number of aromatic nitrogens is 2. The van der Waals surface area contributed by atoms with Gasteiger partial charge < -0.3 is 10.2 Å². The van der Waals surface area contributed by atoms with Gasteiger partial charge in [0.25, 0.3) is 11.7 Å². The number of nitrogens with zero attached hydrogens (tertiary/aromatic N) is 3. The van der Waals surface area contributed by atoms with Gasteiger partial charge >= 0.3 is 0 Å². The SMILES string of the molecule is Cc1nn(-c2ccccc2)c(C)c1C(=O)C(=O)N(C)CC(=O)NC(C)(C)C. The first kappa shape index (κ1) is 20.4. The number of benzene rings is 1. The molecule has 0 fully saturated rings. The number of likely N-dealkylation sites (N-methyl/N-ethyl adjacent to an activating group) is 1. The molecule has 0 aliphatic rings. The maximum Gasteiger partial charge on any atom is 0.295 e. The molecule has 7 nitrogen and oxygen atoms in total. The van der Waals surface area contributed by atoms with Gasteiger partial charge in [-0.25, -0.2) is 4.68 Å². The summed E-state index contributed by atoms with van der Waals surface area (Å²) < 4.78 is 1.64. The number of aryl methyl sites for hydroxylation is 1. The Balaban J connectivity index is 2.21. The molecule has 0 bridgehead atoms. The molecule has 0 radical (unpaired) electrons. The number of ketones is 1. The van der Waals surface area contributed by atoms with Crippen LogP contribution in [0.3, 0.4) is 0 Å². The summed E-state index contributed by atoms with van der Waals surface area (Å²) in [5.74, 6) is -1.73. The molecule has 2 rings (SSSR count). The van der Waals surface area contributed by atoms with E-state index in [1.807, 2.05) is 51.1 Å². The molecule has 0 spiro atoms. The van der Waals surface area contributed by atoms with Crippen molar-refractivity contribution in [2.75, 3.05) is 13.6 Å². The lowest BCUT2D eigenvalue weighted by Gasteiger charge is -2.23. The fourth-order valence-corrected chi connectivity index (χ4v) is 2.82. The van der Waals surface area contributed by atoms with E-state index in [2.05, 4.69) is 10.4 Å². The third-order valence-electron chi connectivity index (χ3n) is 3.96. The van der Waals surface area contributed by atoms with Crippen LogP contribution < -0.4 is 5.32 Å². The van der Waals surface area contributed by atoms with Crippen LogP contribution in [0.15, 0.2) is 30.3 Å².